The number of morpholine rings is 1. The molecule has 2 amide bonds. The highest BCUT2D eigenvalue weighted by Crippen LogP contribution is 2.21. The molecule has 1 fully saturated rings. The van der Waals surface area contributed by atoms with Crippen LogP contribution in [0.5, 0.6) is 5.75 Å². The summed E-state index contributed by atoms with van der Waals surface area (Å²) in [4.78, 5) is 24.1. The Balaban J connectivity index is 1.62. The van der Waals surface area contributed by atoms with Gasteiger partial charge in [-0.15, -0.1) is 0 Å². The number of hydrogen-bond donors (Lipinski definition) is 2. The number of ether oxygens (including phenoxy) is 2. The van der Waals surface area contributed by atoms with E-state index in [4.69, 9.17) is 9.47 Å². The third kappa shape index (κ3) is 5.61. The van der Waals surface area contributed by atoms with Gasteiger partial charge in [0.15, 0.2) is 6.61 Å². The van der Waals surface area contributed by atoms with Gasteiger partial charge in [-0.05, 0) is 49.2 Å². The average molecular weight is 466 g/mol. The lowest BCUT2D eigenvalue weighted by Gasteiger charge is -2.26. The SMILES string of the molecule is Cc1ccc(C)c(OCC(=O)NNC(=O)c2cc(S(=O)(=O)N3CCOCC3)ccc2F)c1. The van der Waals surface area contributed by atoms with Crippen LogP contribution in [0.2, 0.25) is 0 Å². The number of rotatable bonds is 6. The lowest BCUT2D eigenvalue weighted by atomic mass is 10.1. The van der Waals surface area contributed by atoms with E-state index in [9.17, 15) is 22.4 Å². The monoisotopic (exact) mass is 465 g/mol. The summed E-state index contributed by atoms with van der Waals surface area (Å²) in [5.74, 6) is -2.07. The molecule has 11 heteroatoms. The molecule has 1 aliphatic rings. The van der Waals surface area contributed by atoms with Gasteiger partial charge in [-0.3, -0.25) is 20.4 Å². The molecule has 32 heavy (non-hydrogen) atoms. The summed E-state index contributed by atoms with van der Waals surface area (Å²) in [6, 6.07) is 8.46. The zero-order valence-electron chi connectivity index (χ0n) is 17.7. The second-order valence-electron chi connectivity index (χ2n) is 7.22. The maximum Gasteiger partial charge on any atom is 0.276 e. The van der Waals surface area contributed by atoms with Crippen molar-refractivity contribution in [2.45, 2.75) is 18.7 Å². The molecule has 2 aromatic carbocycles. The van der Waals surface area contributed by atoms with Crippen molar-refractivity contribution in [3.8, 4) is 5.75 Å². The zero-order chi connectivity index (χ0) is 23.3. The first kappa shape index (κ1) is 23.6. The van der Waals surface area contributed by atoms with E-state index in [2.05, 4.69) is 10.9 Å². The molecule has 1 aliphatic heterocycles. The zero-order valence-corrected chi connectivity index (χ0v) is 18.5. The number of benzene rings is 2. The number of sulfonamides is 1. The number of carbonyl (C=O) groups excluding carboxylic acids is 2. The number of halogens is 1. The number of carbonyl (C=O) groups is 2. The largest absolute Gasteiger partial charge is 0.483 e. The fourth-order valence-electron chi connectivity index (χ4n) is 3.01. The molecule has 0 atom stereocenters. The highest BCUT2D eigenvalue weighted by atomic mass is 32.2. The lowest BCUT2D eigenvalue weighted by Crippen LogP contribution is -2.44. The number of nitrogens with one attached hydrogen (secondary N) is 2. The number of aryl methyl sites for hydroxylation is 2. The van der Waals surface area contributed by atoms with Gasteiger partial charge in [0.2, 0.25) is 10.0 Å². The van der Waals surface area contributed by atoms with Crippen molar-refractivity contribution < 1.29 is 31.9 Å². The van der Waals surface area contributed by atoms with Crippen LogP contribution in [-0.2, 0) is 19.6 Å². The van der Waals surface area contributed by atoms with E-state index < -0.39 is 33.2 Å². The Labute approximate surface area is 185 Å². The second-order valence-corrected chi connectivity index (χ2v) is 9.16. The van der Waals surface area contributed by atoms with E-state index in [-0.39, 0.29) is 37.8 Å². The van der Waals surface area contributed by atoms with Crippen molar-refractivity contribution >= 4 is 21.8 Å². The normalized spacial score (nSPS) is 14.6. The summed E-state index contributed by atoms with van der Waals surface area (Å²) in [7, 11) is -3.91. The highest BCUT2D eigenvalue weighted by molar-refractivity contribution is 7.89. The minimum atomic E-state index is -3.91. The fraction of sp³-hybridized carbons (Fsp3) is 0.333. The van der Waals surface area contributed by atoms with Crippen molar-refractivity contribution in [2.75, 3.05) is 32.9 Å². The summed E-state index contributed by atoms with van der Waals surface area (Å²) in [6.45, 7) is 4.17. The molecule has 1 saturated heterocycles. The Morgan fingerprint density at radius 1 is 1.09 bits per heavy atom. The highest BCUT2D eigenvalue weighted by Gasteiger charge is 2.28. The summed E-state index contributed by atoms with van der Waals surface area (Å²) >= 11 is 0. The van der Waals surface area contributed by atoms with Gasteiger partial charge >= 0.3 is 0 Å². The van der Waals surface area contributed by atoms with Crippen molar-refractivity contribution in [3.05, 3.63) is 58.9 Å². The van der Waals surface area contributed by atoms with Crippen LogP contribution in [0.1, 0.15) is 21.5 Å². The quantitative estimate of drug-likeness (QED) is 0.622. The van der Waals surface area contributed by atoms with E-state index in [1.165, 1.54) is 4.31 Å². The Bertz CT molecular complexity index is 1120. The predicted octanol–water partition coefficient (Wildman–Crippen LogP) is 1.30. The van der Waals surface area contributed by atoms with Crippen LogP contribution in [0.3, 0.4) is 0 Å². The molecular formula is C21H24FN3O6S. The van der Waals surface area contributed by atoms with Gasteiger partial charge in [0.25, 0.3) is 11.8 Å². The molecule has 0 unspecified atom stereocenters. The van der Waals surface area contributed by atoms with Gasteiger partial charge in [-0.2, -0.15) is 4.31 Å². The van der Waals surface area contributed by atoms with Crippen LogP contribution in [-0.4, -0.2) is 57.4 Å². The van der Waals surface area contributed by atoms with Crippen LogP contribution in [0.25, 0.3) is 0 Å². The Morgan fingerprint density at radius 2 is 1.81 bits per heavy atom. The second kappa shape index (κ2) is 10.1. The van der Waals surface area contributed by atoms with Crippen LogP contribution in [0, 0.1) is 19.7 Å². The molecule has 0 spiro atoms. The Hall–Kier alpha value is -3.02. The number of hydrazine groups is 1. The molecule has 0 bridgehead atoms. The smallest absolute Gasteiger partial charge is 0.276 e. The average Bonchev–Trinajstić information content (AvgIpc) is 2.78. The molecule has 0 aliphatic carbocycles. The molecule has 2 aromatic rings. The van der Waals surface area contributed by atoms with Gasteiger partial charge < -0.3 is 9.47 Å². The molecule has 2 N–H and O–H groups in total. The molecular weight excluding hydrogens is 441 g/mol. The number of hydrogen-bond acceptors (Lipinski definition) is 6. The van der Waals surface area contributed by atoms with Gasteiger partial charge in [-0.25, -0.2) is 12.8 Å². The van der Waals surface area contributed by atoms with Gasteiger partial charge in [-0.1, -0.05) is 12.1 Å². The maximum absolute atomic E-state index is 14.2. The van der Waals surface area contributed by atoms with Crippen LogP contribution >= 0.6 is 0 Å². The Morgan fingerprint density at radius 3 is 2.53 bits per heavy atom. The van der Waals surface area contributed by atoms with Gasteiger partial charge in [0.1, 0.15) is 11.6 Å². The van der Waals surface area contributed by atoms with Crippen molar-refractivity contribution in [1.29, 1.82) is 0 Å². The molecule has 0 radical (unpaired) electrons. The molecule has 0 saturated carbocycles. The van der Waals surface area contributed by atoms with E-state index in [1.807, 2.05) is 26.0 Å². The van der Waals surface area contributed by atoms with Crippen molar-refractivity contribution in [1.82, 2.24) is 15.2 Å². The van der Waals surface area contributed by atoms with Crippen molar-refractivity contribution in [3.63, 3.8) is 0 Å². The third-order valence-corrected chi connectivity index (χ3v) is 6.70. The van der Waals surface area contributed by atoms with Crippen LogP contribution in [0.4, 0.5) is 4.39 Å². The number of nitrogens with zero attached hydrogens (tertiary/aromatic N) is 1. The minimum Gasteiger partial charge on any atom is -0.483 e. The van der Waals surface area contributed by atoms with Gasteiger partial charge in [0.05, 0.1) is 23.7 Å². The first-order chi connectivity index (χ1) is 15.2. The molecule has 172 valence electrons. The van der Waals surface area contributed by atoms with E-state index in [0.29, 0.717) is 5.75 Å². The summed E-state index contributed by atoms with van der Waals surface area (Å²) in [5, 5.41) is 0. The minimum absolute atomic E-state index is 0.164. The fourth-order valence-corrected chi connectivity index (χ4v) is 4.45. The van der Waals surface area contributed by atoms with Crippen molar-refractivity contribution in [2.24, 2.45) is 0 Å². The first-order valence-corrected chi connectivity index (χ1v) is 11.3. The summed E-state index contributed by atoms with van der Waals surface area (Å²) in [5.41, 5.74) is 5.48. The number of amides is 2. The molecule has 9 nitrogen and oxygen atoms in total. The van der Waals surface area contributed by atoms with E-state index in [1.54, 1.807) is 6.07 Å². The maximum atomic E-state index is 14.2. The predicted molar refractivity (Wildman–Crippen MR) is 113 cm³/mol. The van der Waals surface area contributed by atoms with E-state index >= 15 is 0 Å². The summed E-state index contributed by atoms with van der Waals surface area (Å²) in [6.07, 6.45) is 0. The topological polar surface area (TPSA) is 114 Å². The first-order valence-electron chi connectivity index (χ1n) is 9.85. The van der Waals surface area contributed by atoms with Gasteiger partial charge in [0, 0.05) is 13.1 Å². The molecule has 0 aromatic heterocycles. The third-order valence-electron chi connectivity index (χ3n) is 4.81. The van der Waals surface area contributed by atoms with E-state index in [0.717, 1.165) is 29.3 Å². The Kier molecular flexibility index (Phi) is 7.44. The molecule has 3 rings (SSSR count). The van der Waals surface area contributed by atoms with Crippen LogP contribution in [0.15, 0.2) is 41.3 Å². The standard InChI is InChI=1S/C21H24FN3O6S/c1-14-3-4-15(2)19(11-14)31-13-20(26)23-24-21(27)17-12-16(5-6-18(17)22)32(28,29)25-7-9-30-10-8-25/h3-6,11-12H,7-10,13H2,1-2H3,(H,23,26)(H,24,27). The molecule has 1 heterocycles. The summed E-state index contributed by atoms with van der Waals surface area (Å²) < 4.78 is 51.5. The van der Waals surface area contributed by atoms with Crippen LogP contribution < -0.4 is 15.6 Å². The lowest BCUT2D eigenvalue weighted by molar-refractivity contribution is -0.123.